The van der Waals surface area contributed by atoms with Crippen LogP contribution in [-0.4, -0.2) is 31.6 Å². The van der Waals surface area contributed by atoms with Crippen molar-refractivity contribution in [1.82, 2.24) is 0 Å². The van der Waals surface area contributed by atoms with Gasteiger partial charge in [-0.3, -0.25) is 9.59 Å². The zero-order valence-corrected chi connectivity index (χ0v) is 10.2. The van der Waals surface area contributed by atoms with E-state index < -0.39 is 17.5 Å². The minimum absolute atomic E-state index is 0.137. The van der Waals surface area contributed by atoms with Gasteiger partial charge in [0.05, 0.1) is 7.11 Å². The Kier molecular flexibility index (Phi) is 4.47. The Hall–Kier alpha value is -0.900. The summed E-state index contributed by atoms with van der Waals surface area (Å²) in [6.07, 6.45) is 4.51. The molecule has 0 heterocycles. The number of carbonyl (C=O) groups is 2. The van der Waals surface area contributed by atoms with Crippen LogP contribution < -0.4 is 0 Å². The van der Waals surface area contributed by atoms with E-state index in [1.807, 2.05) is 0 Å². The fourth-order valence-electron chi connectivity index (χ4n) is 2.35. The second kappa shape index (κ2) is 5.43. The van der Waals surface area contributed by atoms with Gasteiger partial charge in [0.1, 0.15) is 11.5 Å². The van der Waals surface area contributed by atoms with E-state index >= 15 is 0 Å². The van der Waals surface area contributed by atoms with Crippen molar-refractivity contribution in [2.75, 3.05) is 14.2 Å². The molecule has 1 fully saturated rings. The van der Waals surface area contributed by atoms with Crippen LogP contribution in [0.4, 0.5) is 0 Å². The first kappa shape index (κ1) is 13.2. The largest absolute Gasteiger partial charge is 0.468 e. The van der Waals surface area contributed by atoms with Gasteiger partial charge in [-0.2, -0.15) is 0 Å². The summed E-state index contributed by atoms with van der Waals surface area (Å²) in [6.45, 7) is 1.59. The molecule has 1 unspecified atom stereocenters. The van der Waals surface area contributed by atoms with Crippen LogP contribution in [0.15, 0.2) is 0 Å². The van der Waals surface area contributed by atoms with Crippen molar-refractivity contribution in [3.63, 3.8) is 0 Å². The summed E-state index contributed by atoms with van der Waals surface area (Å²) in [4.78, 5) is 23.6. The van der Waals surface area contributed by atoms with Gasteiger partial charge in [0.25, 0.3) is 0 Å². The third kappa shape index (κ3) is 2.43. The van der Waals surface area contributed by atoms with Gasteiger partial charge in [0, 0.05) is 7.11 Å². The molecular formula is C12H20O4. The minimum atomic E-state index is -0.758. The minimum Gasteiger partial charge on any atom is -0.468 e. The van der Waals surface area contributed by atoms with Crippen molar-refractivity contribution in [2.45, 2.75) is 44.6 Å². The monoisotopic (exact) mass is 228 g/mol. The maximum atomic E-state index is 12.2. The highest BCUT2D eigenvalue weighted by Gasteiger charge is 2.43. The molecule has 0 radical (unpaired) electrons. The Bertz CT molecular complexity index is 266. The highest BCUT2D eigenvalue weighted by molar-refractivity contribution is 6.03. The third-order valence-corrected chi connectivity index (χ3v) is 3.45. The Morgan fingerprint density at radius 1 is 1.12 bits per heavy atom. The molecule has 1 atom stereocenters. The molecule has 0 aromatic carbocycles. The summed E-state index contributed by atoms with van der Waals surface area (Å²) < 4.78 is 10.00. The number of hydrogen-bond donors (Lipinski definition) is 0. The Morgan fingerprint density at radius 3 is 2.12 bits per heavy atom. The van der Waals surface area contributed by atoms with Gasteiger partial charge in [-0.05, 0) is 19.8 Å². The van der Waals surface area contributed by atoms with E-state index in [0.717, 1.165) is 19.3 Å². The van der Waals surface area contributed by atoms with E-state index in [-0.39, 0.29) is 5.78 Å². The molecule has 4 heteroatoms. The van der Waals surface area contributed by atoms with Crippen molar-refractivity contribution in [3.05, 3.63) is 0 Å². The van der Waals surface area contributed by atoms with Gasteiger partial charge >= 0.3 is 5.97 Å². The standard InChI is InChI=1S/C12H20O4/c1-9(11(14)15-2)10(13)12(16-3)7-5-4-6-8-12/h9H,4-8H2,1-3H3. The first-order chi connectivity index (χ1) is 7.57. The highest BCUT2D eigenvalue weighted by Crippen LogP contribution is 2.34. The van der Waals surface area contributed by atoms with Crippen molar-refractivity contribution in [3.8, 4) is 0 Å². The fraction of sp³-hybridized carbons (Fsp3) is 0.833. The van der Waals surface area contributed by atoms with Gasteiger partial charge < -0.3 is 9.47 Å². The smallest absolute Gasteiger partial charge is 0.316 e. The second-order valence-corrected chi connectivity index (χ2v) is 4.37. The molecule has 0 saturated heterocycles. The summed E-state index contributed by atoms with van der Waals surface area (Å²) >= 11 is 0. The maximum absolute atomic E-state index is 12.2. The summed E-state index contributed by atoms with van der Waals surface area (Å²) in [5.74, 6) is -1.35. The summed E-state index contributed by atoms with van der Waals surface area (Å²) in [5.41, 5.74) is -0.758. The first-order valence-electron chi connectivity index (χ1n) is 5.74. The quantitative estimate of drug-likeness (QED) is 0.543. The molecule has 1 aliphatic carbocycles. The molecular weight excluding hydrogens is 208 g/mol. The number of esters is 1. The summed E-state index contributed by atoms with van der Waals surface area (Å²) in [7, 11) is 2.85. The molecule has 0 aromatic heterocycles. The van der Waals surface area contributed by atoms with Gasteiger partial charge in [-0.25, -0.2) is 0 Å². The third-order valence-electron chi connectivity index (χ3n) is 3.45. The fourth-order valence-corrected chi connectivity index (χ4v) is 2.35. The van der Waals surface area contributed by atoms with Gasteiger partial charge in [0.2, 0.25) is 0 Å². The zero-order chi connectivity index (χ0) is 12.2. The molecule has 1 saturated carbocycles. The van der Waals surface area contributed by atoms with Crippen LogP contribution in [0.1, 0.15) is 39.0 Å². The normalized spacial score (nSPS) is 21.2. The number of Topliss-reactive ketones (excluding diaryl/α,β-unsaturated/α-hetero) is 1. The average molecular weight is 228 g/mol. The van der Waals surface area contributed by atoms with E-state index in [2.05, 4.69) is 4.74 Å². The number of rotatable bonds is 4. The molecule has 16 heavy (non-hydrogen) atoms. The van der Waals surface area contributed by atoms with Crippen LogP contribution in [0.2, 0.25) is 0 Å². The van der Waals surface area contributed by atoms with Crippen molar-refractivity contribution in [2.24, 2.45) is 5.92 Å². The predicted molar refractivity (Wildman–Crippen MR) is 59.0 cm³/mol. The molecule has 4 nitrogen and oxygen atoms in total. The molecule has 0 aromatic rings. The van der Waals surface area contributed by atoms with E-state index in [4.69, 9.17) is 4.74 Å². The lowest BCUT2D eigenvalue weighted by Gasteiger charge is -2.35. The lowest BCUT2D eigenvalue weighted by Crippen LogP contribution is -2.47. The highest BCUT2D eigenvalue weighted by atomic mass is 16.5. The first-order valence-corrected chi connectivity index (χ1v) is 5.74. The lowest BCUT2D eigenvalue weighted by molar-refractivity contribution is -0.159. The van der Waals surface area contributed by atoms with Crippen LogP contribution in [0.5, 0.6) is 0 Å². The molecule has 0 bridgehead atoms. The van der Waals surface area contributed by atoms with E-state index in [9.17, 15) is 9.59 Å². The van der Waals surface area contributed by atoms with E-state index in [0.29, 0.717) is 12.8 Å². The Balaban J connectivity index is 2.79. The summed E-state index contributed by atoms with van der Waals surface area (Å²) in [5, 5.41) is 0. The SMILES string of the molecule is COC(=O)C(C)C(=O)C1(OC)CCCCC1. The molecule has 0 aliphatic heterocycles. The summed E-state index contributed by atoms with van der Waals surface area (Å²) in [6, 6.07) is 0. The van der Waals surface area contributed by atoms with Gasteiger partial charge in [0.15, 0.2) is 5.78 Å². The van der Waals surface area contributed by atoms with Crippen LogP contribution in [0, 0.1) is 5.92 Å². The zero-order valence-electron chi connectivity index (χ0n) is 10.2. The van der Waals surface area contributed by atoms with Crippen molar-refractivity contribution in [1.29, 1.82) is 0 Å². The second-order valence-electron chi connectivity index (χ2n) is 4.37. The molecule has 0 amide bonds. The Labute approximate surface area is 96.3 Å². The van der Waals surface area contributed by atoms with E-state index in [1.165, 1.54) is 7.11 Å². The number of methoxy groups -OCH3 is 2. The van der Waals surface area contributed by atoms with E-state index in [1.54, 1.807) is 14.0 Å². The lowest BCUT2D eigenvalue weighted by atomic mass is 9.77. The average Bonchev–Trinajstić information content (AvgIpc) is 2.36. The Morgan fingerprint density at radius 2 is 1.69 bits per heavy atom. The maximum Gasteiger partial charge on any atom is 0.316 e. The van der Waals surface area contributed by atoms with Crippen molar-refractivity contribution >= 4 is 11.8 Å². The topological polar surface area (TPSA) is 52.6 Å². The van der Waals surface area contributed by atoms with Crippen molar-refractivity contribution < 1.29 is 19.1 Å². The molecule has 1 aliphatic rings. The number of hydrogen-bond acceptors (Lipinski definition) is 4. The van der Waals surface area contributed by atoms with Crippen LogP contribution in [0.3, 0.4) is 0 Å². The number of ether oxygens (including phenoxy) is 2. The van der Waals surface area contributed by atoms with Gasteiger partial charge in [-0.15, -0.1) is 0 Å². The molecule has 0 N–H and O–H groups in total. The molecule has 0 spiro atoms. The van der Waals surface area contributed by atoms with Gasteiger partial charge in [-0.1, -0.05) is 19.3 Å². The van der Waals surface area contributed by atoms with Crippen LogP contribution in [0.25, 0.3) is 0 Å². The molecule has 1 rings (SSSR count). The number of ketones is 1. The van der Waals surface area contributed by atoms with Crippen LogP contribution >= 0.6 is 0 Å². The number of carbonyl (C=O) groups excluding carboxylic acids is 2. The molecule has 92 valence electrons. The predicted octanol–water partition coefficient (Wildman–Crippen LogP) is 1.71. The van der Waals surface area contributed by atoms with Crippen LogP contribution in [-0.2, 0) is 19.1 Å².